The lowest BCUT2D eigenvalue weighted by molar-refractivity contribution is -0.384. The van der Waals surface area contributed by atoms with Crippen LogP contribution in [0.15, 0.2) is 72.8 Å². The lowest BCUT2D eigenvalue weighted by Crippen LogP contribution is -2.20. The summed E-state index contributed by atoms with van der Waals surface area (Å²) in [6.07, 6.45) is 0. The molecule has 7 heteroatoms. The van der Waals surface area contributed by atoms with E-state index >= 15 is 0 Å². The number of ether oxygens (including phenoxy) is 2. The number of nitro benzene ring substituents is 1. The van der Waals surface area contributed by atoms with Crippen molar-refractivity contribution in [2.45, 2.75) is 0 Å². The van der Waals surface area contributed by atoms with Gasteiger partial charge in [0.25, 0.3) is 11.6 Å². The van der Waals surface area contributed by atoms with Crippen molar-refractivity contribution in [3.8, 4) is 22.6 Å². The molecule has 0 saturated carbocycles. The van der Waals surface area contributed by atoms with E-state index in [1.807, 2.05) is 18.2 Å². The Bertz CT molecular complexity index is 969. The van der Waals surface area contributed by atoms with Crippen molar-refractivity contribution in [1.82, 2.24) is 0 Å². The summed E-state index contributed by atoms with van der Waals surface area (Å²) >= 11 is 0. The number of benzene rings is 3. The molecule has 0 atom stereocenters. The average molecular weight is 378 g/mol. The number of hydrogen-bond donors (Lipinski definition) is 1. The van der Waals surface area contributed by atoms with E-state index in [-0.39, 0.29) is 18.2 Å². The predicted molar refractivity (Wildman–Crippen MR) is 106 cm³/mol. The highest BCUT2D eigenvalue weighted by Gasteiger charge is 2.08. The van der Waals surface area contributed by atoms with Crippen LogP contribution in [0.5, 0.6) is 11.5 Å². The summed E-state index contributed by atoms with van der Waals surface area (Å²) in [7, 11) is 1.54. The van der Waals surface area contributed by atoms with Gasteiger partial charge >= 0.3 is 0 Å². The highest BCUT2D eigenvalue weighted by Crippen LogP contribution is 2.26. The van der Waals surface area contributed by atoms with Gasteiger partial charge in [0, 0.05) is 17.8 Å². The summed E-state index contributed by atoms with van der Waals surface area (Å²) in [5.74, 6) is 0.755. The monoisotopic (exact) mass is 378 g/mol. The third kappa shape index (κ3) is 4.64. The number of non-ortho nitro benzene ring substituents is 1. The Morgan fingerprint density at radius 2 is 1.50 bits per heavy atom. The topological polar surface area (TPSA) is 90.7 Å². The molecule has 3 aromatic rings. The van der Waals surface area contributed by atoms with Gasteiger partial charge in [-0.25, -0.2) is 0 Å². The second-order valence-corrected chi connectivity index (χ2v) is 5.87. The lowest BCUT2D eigenvalue weighted by Gasteiger charge is -2.11. The van der Waals surface area contributed by atoms with Crippen LogP contribution in [-0.4, -0.2) is 24.5 Å². The number of nitrogens with one attached hydrogen (secondary N) is 1. The quantitative estimate of drug-likeness (QED) is 0.489. The van der Waals surface area contributed by atoms with E-state index < -0.39 is 4.92 Å². The van der Waals surface area contributed by atoms with Gasteiger partial charge in [0.2, 0.25) is 0 Å². The molecule has 0 unspecified atom stereocenters. The first-order valence-corrected chi connectivity index (χ1v) is 8.47. The molecule has 0 aliphatic rings. The van der Waals surface area contributed by atoms with E-state index in [1.165, 1.54) is 19.2 Å². The zero-order valence-electron chi connectivity index (χ0n) is 15.1. The Balaban J connectivity index is 1.59. The number of carbonyl (C=O) groups is 1. The molecule has 0 aliphatic heterocycles. The Hall–Kier alpha value is -3.87. The van der Waals surface area contributed by atoms with Gasteiger partial charge in [-0.2, -0.15) is 0 Å². The van der Waals surface area contributed by atoms with Crippen molar-refractivity contribution in [3.05, 3.63) is 82.9 Å². The molecule has 1 N–H and O–H groups in total. The number of nitrogens with zero attached hydrogens (tertiary/aromatic N) is 1. The molecule has 0 bridgehead atoms. The van der Waals surface area contributed by atoms with E-state index in [0.29, 0.717) is 17.2 Å². The number of methoxy groups -OCH3 is 1. The molecule has 0 saturated heterocycles. The Labute approximate surface area is 161 Å². The van der Waals surface area contributed by atoms with Crippen LogP contribution < -0.4 is 14.8 Å². The number of hydrogen-bond acceptors (Lipinski definition) is 5. The Kier molecular flexibility index (Phi) is 5.86. The van der Waals surface area contributed by atoms with Crippen LogP contribution in [0.25, 0.3) is 11.1 Å². The minimum Gasteiger partial charge on any atom is -0.493 e. The van der Waals surface area contributed by atoms with E-state index in [2.05, 4.69) is 5.32 Å². The fraction of sp³-hybridized carbons (Fsp3) is 0.0952. The maximum atomic E-state index is 12.1. The van der Waals surface area contributed by atoms with Crippen LogP contribution in [0.4, 0.5) is 11.4 Å². The van der Waals surface area contributed by atoms with Crippen LogP contribution in [0.2, 0.25) is 0 Å². The first-order chi connectivity index (χ1) is 13.6. The molecular weight excluding hydrogens is 360 g/mol. The number of amides is 1. The van der Waals surface area contributed by atoms with Crippen LogP contribution in [0, 0.1) is 10.1 Å². The normalized spacial score (nSPS) is 10.2. The molecule has 0 fully saturated rings. The molecule has 0 spiro atoms. The third-order valence-electron chi connectivity index (χ3n) is 4.01. The van der Waals surface area contributed by atoms with E-state index in [4.69, 9.17) is 9.47 Å². The molecule has 0 aromatic heterocycles. The summed E-state index contributed by atoms with van der Waals surface area (Å²) in [5.41, 5.74) is 2.41. The zero-order chi connectivity index (χ0) is 19.9. The first-order valence-electron chi connectivity index (χ1n) is 8.47. The van der Waals surface area contributed by atoms with E-state index in [1.54, 1.807) is 42.5 Å². The molecule has 0 aliphatic carbocycles. The fourth-order valence-corrected chi connectivity index (χ4v) is 2.60. The SMILES string of the molecule is COc1ccccc1OCC(=O)Nc1ccc(-c2ccc([N+](=O)[O-])cc2)cc1. The first kappa shape index (κ1) is 18.9. The molecule has 28 heavy (non-hydrogen) atoms. The lowest BCUT2D eigenvalue weighted by atomic mass is 10.1. The van der Waals surface area contributed by atoms with Gasteiger partial charge < -0.3 is 14.8 Å². The van der Waals surface area contributed by atoms with Crippen molar-refractivity contribution in [2.24, 2.45) is 0 Å². The molecule has 3 aromatic carbocycles. The Morgan fingerprint density at radius 3 is 2.07 bits per heavy atom. The predicted octanol–water partition coefficient (Wildman–Crippen LogP) is 4.29. The number of anilines is 1. The van der Waals surface area contributed by atoms with E-state index in [9.17, 15) is 14.9 Å². The number of nitro groups is 1. The zero-order valence-corrected chi connectivity index (χ0v) is 15.1. The summed E-state index contributed by atoms with van der Waals surface area (Å²) in [4.78, 5) is 22.4. The molecule has 142 valence electrons. The highest BCUT2D eigenvalue weighted by atomic mass is 16.6. The van der Waals surface area contributed by atoms with Gasteiger partial charge in [-0.15, -0.1) is 0 Å². The second kappa shape index (κ2) is 8.68. The smallest absolute Gasteiger partial charge is 0.269 e. The summed E-state index contributed by atoms with van der Waals surface area (Å²) in [6, 6.07) is 20.6. The summed E-state index contributed by atoms with van der Waals surface area (Å²) in [6.45, 7) is -0.148. The van der Waals surface area contributed by atoms with Gasteiger partial charge in [0.05, 0.1) is 12.0 Å². The van der Waals surface area contributed by atoms with Gasteiger partial charge in [-0.05, 0) is 47.5 Å². The highest BCUT2D eigenvalue weighted by molar-refractivity contribution is 5.92. The van der Waals surface area contributed by atoms with Crippen LogP contribution in [0.3, 0.4) is 0 Å². The van der Waals surface area contributed by atoms with Crippen molar-refractivity contribution in [1.29, 1.82) is 0 Å². The minimum atomic E-state index is -0.435. The van der Waals surface area contributed by atoms with Crippen molar-refractivity contribution in [2.75, 3.05) is 19.0 Å². The fourth-order valence-electron chi connectivity index (χ4n) is 2.60. The maximum Gasteiger partial charge on any atom is 0.269 e. The third-order valence-corrected chi connectivity index (χ3v) is 4.01. The standard InChI is InChI=1S/C21H18N2O5/c1-27-19-4-2-3-5-20(19)28-14-21(24)22-17-10-6-15(7-11-17)16-8-12-18(13-9-16)23(25)26/h2-13H,14H2,1H3,(H,22,24). The maximum absolute atomic E-state index is 12.1. The number of carbonyl (C=O) groups excluding carboxylic acids is 1. The average Bonchev–Trinajstić information content (AvgIpc) is 2.73. The van der Waals surface area contributed by atoms with Crippen LogP contribution in [-0.2, 0) is 4.79 Å². The second-order valence-electron chi connectivity index (χ2n) is 5.87. The van der Waals surface area contributed by atoms with Crippen molar-refractivity contribution in [3.63, 3.8) is 0 Å². The molecule has 0 heterocycles. The van der Waals surface area contributed by atoms with E-state index in [0.717, 1.165) is 11.1 Å². The van der Waals surface area contributed by atoms with Crippen LogP contribution in [0.1, 0.15) is 0 Å². The molecular formula is C21H18N2O5. The minimum absolute atomic E-state index is 0.0441. The van der Waals surface area contributed by atoms with Crippen molar-refractivity contribution >= 4 is 17.3 Å². The van der Waals surface area contributed by atoms with Crippen LogP contribution >= 0.6 is 0 Å². The van der Waals surface area contributed by atoms with Gasteiger partial charge in [-0.3, -0.25) is 14.9 Å². The molecule has 0 radical (unpaired) electrons. The molecule has 3 rings (SSSR count). The van der Waals surface area contributed by atoms with Gasteiger partial charge in [-0.1, -0.05) is 24.3 Å². The summed E-state index contributed by atoms with van der Waals surface area (Å²) in [5, 5.41) is 13.5. The Morgan fingerprint density at radius 1 is 0.929 bits per heavy atom. The summed E-state index contributed by atoms with van der Waals surface area (Å²) < 4.78 is 10.7. The number of para-hydroxylation sites is 2. The largest absolute Gasteiger partial charge is 0.493 e. The van der Waals surface area contributed by atoms with Gasteiger partial charge in [0.15, 0.2) is 18.1 Å². The van der Waals surface area contributed by atoms with Crippen molar-refractivity contribution < 1.29 is 19.2 Å². The van der Waals surface area contributed by atoms with Gasteiger partial charge in [0.1, 0.15) is 0 Å². The molecule has 7 nitrogen and oxygen atoms in total. The molecule has 1 amide bonds. The number of rotatable bonds is 7.